The molecule has 3 rings (SSSR count). The van der Waals surface area contributed by atoms with Gasteiger partial charge < -0.3 is 4.74 Å². The van der Waals surface area contributed by atoms with Crippen LogP contribution in [-0.4, -0.2) is 23.5 Å². The lowest BCUT2D eigenvalue weighted by Crippen LogP contribution is -2.14. The fourth-order valence-electron chi connectivity index (χ4n) is 2.71. The first-order chi connectivity index (χ1) is 13.1. The van der Waals surface area contributed by atoms with Gasteiger partial charge in [0.2, 0.25) is 0 Å². The number of benzene rings is 2. The summed E-state index contributed by atoms with van der Waals surface area (Å²) in [6.45, 7) is 3.77. The number of esters is 1. The summed E-state index contributed by atoms with van der Waals surface area (Å²) in [5.41, 5.74) is 3.20. The third-order valence-corrected chi connectivity index (χ3v) is 5.03. The van der Waals surface area contributed by atoms with Crippen LogP contribution in [0.4, 0.5) is 5.13 Å². The van der Waals surface area contributed by atoms with Gasteiger partial charge in [-0.2, -0.15) is 0 Å². The Labute approximate surface area is 162 Å². The van der Waals surface area contributed by atoms with Crippen LogP contribution < -0.4 is 5.32 Å². The SMILES string of the molecule is CCOC(=O)c1sc(NC(=O)c2ccccc2Cc2ccccc2)nc1C. The van der Waals surface area contributed by atoms with Crippen LogP contribution >= 0.6 is 11.3 Å². The van der Waals surface area contributed by atoms with Crippen molar-refractivity contribution in [2.75, 3.05) is 11.9 Å². The highest BCUT2D eigenvalue weighted by Gasteiger charge is 2.19. The molecule has 0 aliphatic heterocycles. The Hall–Kier alpha value is -2.99. The summed E-state index contributed by atoms with van der Waals surface area (Å²) in [5, 5.41) is 3.19. The van der Waals surface area contributed by atoms with Gasteiger partial charge in [0.15, 0.2) is 5.13 Å². The Kier molecular flexibility index (Phi) is 5.98. The Balaban J connectivity index is 1.79. The number of nitrogens with one attached hydrogen (secondary N) is 1. The van der Waals surface area contributed by atoms with E-state index < -0.39 is 5.97 Å². The van der Waals surface area contributed by atoms with E-state index in [1.807, 2.05) is 48.5 Å². The van der Waals surface area contributed by atoms with Gasteiger partial charge in [0.1, 0.15) is 4.88 Å². The monoisotopic (exact) mass is 380 g/mol. The van der Waals surface area contributed by atoms with Gasteiger partial charge in [-0.3, -0.25) is 10.1 Å². The minimum absolute atomic E-state index is 0.245. The van der Waals surface area contributed by atoms with Crippen molar-refractivity contribution in [1.29, 1.82) is 0 Å². The second-order valence-electron chi connectivity index (χ2n) is 5.93. The molecule has 138 valence electrons. The molecule has 1 heterocycles. The van der Waals surface area contributed by atoms with Crippen molar-refractivity contribution in [2.24, 2.45) is 0 Å². The number of hydrogen-bond donors (Lipinski definition) is 1. The zero-order chi connectivity index (χ0) is 19.2. The summed E-state index contributed by atoms with van der Waals surface area (Å²) in [6, 6.07) is 17.5. The third-order valence-electron chi connectivity index (χ3n) is 3.98. The van der Waals surface area contributed by atoms with Crippen LogP contribution in [0, 0.1) is 6.92 Å². The second kappa shape index (κ2) is 8.60. The van der Waals surface area contributed by atoms with E-state index in [1.54, 1.807) is 19.9 Å². The summed E-state index contributed by atoms with van der Waals surface area (Å²) in [4.78, 5) is 29.4. The van der Waals surface area contributed by atoms with E-state index in [2.05, 4.69) is 10.3 Å². The molecule has 1 N–H and O–H groups in total. The minimum atomic E-state index is -0.419. The zero-order valence-electron chi connectivity index (χ0n) is 15.2. The lowest BCUT2D eigenvalue weighted by molar-refractivity contribution is 0.0531. The number of aromatic nitrogens is 1. The van der Waals surface area contributed by atoms with Crippen molar-refractivity contribution < 1.29 is 14.3 Å². The molecule has 5 nitrogen and oxygen atoms in total. The fraction of sp³-hybridized carbons (Fsp3) is 0.190. The van der Waals surface area contributed by atoms with Gasteiger partial charge in [-0.25, -0.2) is 9.78 Å². The summed E-state index contributed by atoms with van der Waals surface area (Å²) in [5.74, 6) is -0.664. The summed E-state index contributed by atoms with van der Waals surface area (Å²) >= 11 is 1.12. The Morgan fingerprint density at radius 1 is 1.07 bits per heavy atom. The molecule has 2 aromatic carbocycles. The van der Waals surface area contributed by atoms with Crippen molar-refractivity contribution in [3.05, 3.63) is 81.9 Å². The minimum Gasteiger partial charge on any atom is -0.462 e. The molecule has 0 saturated carbocycles. The van der Waals surface area contributed by atoms with E-state index in [-0.39, 0.29) is 5.91 Å². The predicted octanol–water partition coefficient (Wildman–Crippen LogP) is 4.47. The van der Waals surface area contributed by atoms with Gasteiger partial charge in [0, 0.05) is 5.56 Å². The van der Waals surface area contributed by atoms with Crippen molar-refractivity contribution in [1.82, 2.24) is 4.98 Å². The second-order valence-corrected chi connectivity index (χ2v) is 6.93. The molecule has 0 bridgehead atoms. The standard InChI is InChI=1S/C21H20N2O3S/c1-3-26-20(25)18-14(2)22-21(27-18)23-19(24)17-12-8-7-11-16(17)13-15-9-5-4-6-10-15/h4-12H,3,13H2,1-2H3,(H,22,23,24). The fourth-order valence-corrected chi connectivity index (χ4v) is 3.57. The molecule has 0 radical (unpaired) electrons. The molecule has 0 aliphatic carbocycles. The average molecular weight is 380 g/mol. The quantitative estimate of drug-likeness (QED) is 0.641. The van der Waals surface area contributed by atoms with Gasteiger partial charge in [-0.1, -0.05) is 59.9 Å². The van der Waals surface area contributed by atoms with E-state index in [0.29, 0.717) is 34.3 Å². The molecule has 1 amide bonds. The number of anilines is 1. The van der Waals surface area contributed by atoms with Crippen LogP contribution in [0.3, 0.4) is 0 Å². The van der Waals surface area contributed by atoms with E-state index >= 15 is 0 Å². The predicted molar refractivity (Wildman–Crippen MR) is 106 cm³/mol. The molecular formula is C21H20N2O3S. The molecule has 0 saturated heterocycles. The van der Waals surface area contributed by atoms with Crippen LogP contribution in [0.15, 0.2) is 54.6 Å². The summed E-state index contributed by atoms with van der Waals surface area (Å²) in [7, 11) is 0. The number of thiazole rings is 1. The molecule has 0 spiro atoms. The van der Waals surface area contributed by atoms with Gasteiger partial charge >= 0.3 is 5.97 Å². The molecular weight excluding hydrogens is 360 g/mol. The number of ether oxygens (including phenoxy) is 1. The van der Waals surface area contributed by atoms with Crippen LogP contribution in [0.2, 0.25) is 0 Å². The Morgan fingerprint density at radius 3 is 2.52 bits per heavy atom. The largest absolute Gasteiger partial charge is 0.462 e. The van der Waals surface area contributed by atoms with E-state index in [4.69, 9.17) is 4.74 Å². The first-order valence-corrected chi connectivity index (χ1v) is 9.48. The number of rotatable bonds is 6. The maximum absolute atomic E-state index is 12.8. The molecule has 27 heavy (non-hydrogen) atoms. The van der Waals surface area contributed by atoms with Gasteiger partial charge in [0.25, 0.3) is 5.91 Å². The maximum Gasteiger partial charge on any atom is 0.350 e. The van der Waals surface area contributed by atoms with Crippen LogP contribution in [0.25, 0.3) is 0 Å². The lowest BCUT2D eigenvalue weighted by Gasteiger charge is -2.09. The number of carbonyl (C=O) groups excluding carboxylic acids is 2. The molecule has 6 heteroatoms. The third kappa shape index (κ3) is 4.60. The molecule has 1 aromatic heterocycles. The Morgan fingerprint density at radius 2 is 1.78 bits per heavy atom. The number of carbonyl (C=O) groups is 2. The first kappa shape index (κ1) is 18.8. The van der Waals surface area contributed by atoms with E-state index in [1.165, 1.54) is 0 Å². The summed E-state index contributed by atoms with van der Waals surface area (Å²) < 4.78 is 5.02. The smallest absolute Gasteiger partial charge is 0.350 e. The molecule has 0 aliphatic rings. The first-order valence-electron chi connectivity index (χ1n) is 8.66. The molecule has 0 unspecified atom stereocenters. The Bertz CT molecular complexity index is 951. The molecule has 0 fully saturated rings. The van der Waals surface area contributed by atoms with Crippen molar-refractivity contribution >= 4 is 28.3 Å². The van der Waals surface area contributed by atoms with Crippen LogP contribution in [0.5, 0.6) is 0 Å². The lowest BCUT2D eigenvalue weighted by atomic mass is 9.99. The normalized spacial score (nSPS) is 10.4. The van der Waals surface area contributed by atoms with Crippen molar-refractivity contribution in [2.45, 2.75) is 20.3 Å². The highest BCUT2D eigenvalue weighted by Crippen LogP contribution is 2.24. The zero-order valence-corrected chi connectivity index (χ0v) is 16.0. The average Bonchev–Trinajstić information content (AvgIpc) is 3.03. The van der Waals surface area contributed by atoms with Crippen molar-refractivity contribution in [3.63, 3.8) is 0 Å². The van der Waals surface area contributed by atoms with E-state index in [0.717, 1.165) is 22.5 Å². The topological polar surface area (TPSA) is 68.3 Å². The van der Waals surface area contributed by atoms with E-state index in [9.17, 15) is 9.59 Å². The van der Waals surface area contributed by atoms with Crippen molar-refractivity contribution in [3.8, 4) is 0 Å². The molecule has 0 atom stereocenters. The van der Waals surface area contributed by atoms with Gasteiger partial charge in [-0.15, -0.1) is 0 Å². The number of amides is 1. The highest BCUT2D eigenvalue weighted by molar-refractivity contribution is 7.17. The highest BCUT2D eigenvalue weighted by atomic mass is 32.1. The van der Waals surface area contributed by atoms with Gasteiger partial charge in [-0.05, 0) is 37.5 Å². The van der Waals surface area contributed by atoms with Crippen LogP contribution in [0.1, 0.15) is 43.8 Å². The van der Waals surface area contributed by atoms with Crippen LogP contribution in [-0.2, 0) is 11.2 Å². The number of aryl methyl sites for hydroxylation is 1. The summed E-state index contributed by atoms with van der Waals surface area (Å²) in [6.07, 6.45) is 0.662. The van der Waals surface area contributed by atoms with Gasteiger partial charge in [0.05, 0.1) is 12.3 Å². The number of hydrogen-bond acceptors (Lipinski definition) is 5. The maximum atomic E-state index is 12.8. The number of nitrogens with zero attached hydrogens (tertiary/aromatic N) is 1. The molecule has 3 aromatic rings.